The van der Waals surface area contributed by atoms with Crippen molar-refractivity contribution in [1.29, 1.82) is 0 Å². The van der Waals surface area contributed by atoms with E-state index in [4.69, 9.17) is 26.4 Å². The van der Waals surface area contributed by atoms with E-state index in [0.29, 0.717) is 29.5 Å². The van der Waals surface area contributed by atoms with Crippen LogP contribution >= 0.6 is 34.7 Å². The predicted octanol–water partition coefficient (Wildman–Crippen LogP) is 7.53. The van der Waals surface area contributed by atoms with Crippen molar-refractivity contribution in [2.75, 3.05) is 20.2 Å². The van der Waals surface area contributed by atoms with E-state index in [1.807, 2.05) is 11.8 Å². The molecule has 1 atom stereocenters. The predicted molar refractivity (Wildman–Crippen MR) is 169 cm³/mol. The van der Waals surface area contributed by atoms with E-state index < -0.39 is 5.97 Å². The van der Waals surface area contributed by atoms with Crippen LogP contribution in [0.15, 0.2) is 22.7 Å². The molecule has 0 bridgehead atoms. The number of hydrogen-bond donors (Lipinski definition) is 2. The van der Waals surface area contributed by atoms with Gasteiger partial charge in [0, 0.05) is 46.3 Å². The van der Waals surface area contributed by atoms with E-state index in [1.165, 1.54) is 0 Å². The molecule has 0 spiro atoms. The summed E-state index contributed by atoms with van der Waals surface area (Å²) in [5, 5.41) is 13.2. The Balaban J connectivity index is 1.46. The molecule has 3 heterocycles. The van der Waals surface area contributed by atoms with Crippen molar-refractivity contribution in [3.8, 4) is 17.0 Å². The second-order valence-corrected chi connectivity index (χ2v) is 16.0. The molecule has 7 nitrogen and oxygen atoms in total. The summed E-state index contributed by atoms with van der Waals surface area (Å²) in [6.07, 6.45) is 1.97. The number of piperidine rings is 1. The van der Waals surface area contributed by atoms with Crippen molar-refractivity contribution in [3.05, 3.63) is 43.2 Å². The monoisotopic (exact) mass is 619 g/mol. The number of methoxy groups -OCH3 is 1. The molecule has 2 N–H and O–H groups in total. The molecule has 0 radical (unpaired) electrons. The molecule has 1 aromatic heterocycles. The zero-order valence-corrected chi connectivity index (χ0v) is 27.7. The Labute approximate surface area is 257 Å². The van der Waals surface area contributed by atoms with Gasteiger partial charge < -0.3 is 20.1 Å². The number of rotatable bonds is 7. The molecule has 2 aromatic rings. The molecule has 0 saturated carbocycles. The van der Waals surface area contributed by atoms with E-state index in [9.17, 15) is 9.59 Å². The molecule has 0 aliphatic carbocycles. The van der Waals surface area contributed by atoms with Crippen molar-refractivity contribution < 1.29 is 19.4 Å². The lowest BCUT2D eigenvalue weighted by molar-refractivity contribution is -0.136. The van der Waals surface area contributed by atoms with Crippen LogP contribution in [0.25, 0.3) is 11.3 Å². The number of hydrogen-bond acceptors (Lipinski definition) is 7. The number of aromatic nitrogens is 1. The summed E-state index contributed by atoms with van der Waals surface area (Å²) in [6, 6.07) is 4.35. The highest BCUT2D eigenvalue weighted by molar-refractivity contribution is 8.03. The van der Waals surface area contributed by atoms with Gasteiger partial charge in [-0.1, -0.05) is 53.1 Å². The van der Waals surface area contributed by atoms with Crippen molar-refractivity contribution in [3.63, 3.8) is 0 Å². The molecule has 41 heavy (non-hydrogen) atoms. The maximum atomic E-state index is 13.0. The summed E-state index contributed by atoms with van der Waals surface area (Å²) in [6.45, 7) is 16.4. The first-order valence-corrected chi connectivity index (χ1v) is 16.2. The van der Waals surface area contributed by atoms with E-state index in [0.717, 1.165) is 50.9 Å². The Morgan fingerprint density at radius 2 is 1.71 bits per heavy atom. The number of amides is 1. The van der Waals surface area contributed by atoms with Crippen LogP contribution in [-0.2, 0) is 20.4 Å². The number of ether oxygens (including phenoxy) is 1. The first-order chi connectivity index (χ1) is 19.1. The van der Waals surface area contributed by atoms with Gasteiger partial charge >= 0.3 is 5.97 Å². The third kappa shape index (κ3) is 7.23. The third-order valence-electron chi connectivity index (χ3n) is 7.75. The number of carbonyl (C=O) groups excluding carboxylic acids is 1. The summed E-state index contributed by atoms with van der Waals surface area (Å²) >= 11 is 9.93. The number of thioether (sulfide) groups is 1. The molecule has 1 unspecified atom stereocenters. The number of halogens is 1. The highest BCUT2D eigenvalue weighted by atomic mass is 35.5. The fourth-order valence-electron chi connectivity index (χ4n) is 5.46. The van der Waals surface area contributed by atoms with E-state index in [2.05, 4.69) is 59.0 Å². The van der Waals surface area contributed by atoms with Gasteiger partial charge in [-0.05, 0) is 42.7 Å². The van der Waals surface area contributed by atoms with Crippen LogP contribution in [0.5, 0.6) is 5.75 Å². The number of allylic oxidation sites excluding steroid dienone is 1. The molecular formula is C31H42ClN3O4S2. The highest BCUT2D eigenvalue weighted by Gasteiger charge is 2.32. The SMILES string of the molecule is COc1c(C(C)(C)C)cc(-c2nc(C3CCN(C(=O)CC4NC(CC(=O)O)=C(C)S4)CC3)sc2Cl)cc1C(C)(C)C. The Hall–Kier alpha value is -2.23. The van der Waals surface area contributed by atoms with Crippen LogP contribution in [0.3, 0.4) is 0 Å². The maximum absolute atomic E-state index is 13.0. The first-order valence-electron chi connectivity index (χ1n) is 14.1. The van der Waals surface area contributed by atoms with Crippen LogP contribution in [0.2, 0.25) is 4.34 Å². The summed E-state index contributed by atoms with van der Waals surface area (Å²) < 4.78 is 6.62. The minimum absolute atomic E-state index is 0.0428. The summed E-state index contributed by atoms with van der Waals surface area (Å²) in [5.74, 6) is 0.400. The van der Waals surface area contributed by atoms with E-state index in [-0.39, 0.29) is 34.4 Å². The Kier molecular flexibility index (Phi) is 9.41. The van der Waals surface area contributed by atoms with Gasteiger partial charge in [0.2, 0.25) is 5.91 Å². The van der Waals surface area contributed by atoms with Gasteiger partial charge in [0.05, 0.1) is 30.3 Å². The van der Waals surface area contributed by atoms with Crippen LogP contribution in [0.4, 0.5) is 0 Å². The molecule has 4 rings (SSSR count). The van der Waals surface area contributed by atoms with Gasteiger partial charge in [0.1, 0.15) is 15.8 Å². The topological polar surface area (TPSA) is 91.8 Å². The number of aliphatic carboxylic acids is 1. The number of carboxylic acids is 1. The molecule has 1 aromatic carbocycles. The summed E-state index contributed by atoms with van der Waals surface area (Å²) in [5.41, 5.74) is 4.56. The van der Waals surface area contributed by atoms with Crippen LogP contribution < -0.4 is 10.1 Å². The zero-order chi connectivity index (χ0) is 30.3. The Morgan fingerprint density at radius 3 is 2.22 bits per heavy atom. The number of benzene rings is 1. The van der Waals surface area contributed by atoms with Gasteiger partial charge in [-0.25, -0.2) is 4.98 Å². The number of nitrogens with zero attached hydrogens (tertiary/aromatic N) is 2. The fraction of sp³-hybridized carbons (Fsp3) is 0.581. The quantitative estimate of drug-likeness (QED) is 0.331. The number of likely N-dealkylation sites (tertiary alicyclic amines) is 1. The molecule has 224 valence electrons. The van der Waals surface area contributed by atoms with E-state index >= 15 is 0 Å². The second kappa shape index (κ2) is 12.2. The van der Waals surface area contributed by atoms with Gasteiger partial charge in [0.25, 0.3) is 0 Å². The second-order valence-electron chi connectivity index (χ2n) is 13.0. The Morgan fingerprint density at radius 1 is 1.12 bits per heavy atom. The van der Waals surface area contributed by atoms with Crippen molar-refractivity contribution >= 4 is 46.6 Å². The average molecular weight is 620 g/mol. The molecule has 1 fully saturated rings. The lowest BCUT2D eigenvalue weighted by Gasteiger charge is -2.32. The van der Waals surface area contributed by atoms with E-state index in [1.54, 1.807) is 30.2 Å². The number of carbonyl (C=O) groups is 2. The average Bonchev–Trinajstić information content (AvgIpc) is 3.43. The molecule has 10 heteroatoms. The molecule has 1 amide bonds. The third-order valence-corrected chi connectivity index (χ3v) is 10.3. The number of nitrogens with one attached hydrogen (secondary N) is 1. The normalized spacial score (nSPS) is 18.6. The highest BCUT2D eigenvalue weighted by Crippen LogP contribution is 2.45. The molecule has 2 aliphatic rings. The van der Waals surface area contributed by atoms with Crippen LogP contribution in [0, 0.1) is 0 Å². The molecular weight excluding hydrogens is 578 g/mol. The largest absolute Gasteiger partial charge is 0.496 e. The van der Waals surface area contributed by atoms with Gasteiger partial charge in [-0.3, -0.25) is 9.59 Å². The Bertz CT molecular complexity index is 1310. The van der Waals surface area contributed by atoms with Crippen LogP contribution in [0.1, 0.15) is 96.2 Å². The molecule has 1 saturated heterocycles. The first kappa shape index (κ1) is 31.7. The lowest BCUT2D eigenvalue weighted by Crippen LogP contribution is -2.40. The fourth-order valence-corrected chi connectivity index (χ4v) is 7.96. The summed E-state index contributed by atoms with van der Waals surface area (Å²) in [7, 11) is 1.74. The van der Waals surface area contributed by atoms with Crippen molar-refractivity contribution in [2.45, 2.75) is 96.3 Å². The standard InChI is InChI=1S/C31H42ClN3O4S2/c1-17-22(15-25(37)38)33-23(40-17)16-24(36)35-11-9-18(10-12-35)29-34-26(28(32)41-29)19-13-20(30(2,3)4)27(39-8)21(14-19)31(5,6)7/h13-14,18,23,33H,9-12,15-16H2,1-8H3,(H,37,38). The zero-order valence-electron chi connectivity index (χ0n) is 25.3. The minimum atomic E-state index is -0.872. The minimum Gasteiger partial charge on any atom is -0.496 e. The maximum Gasteiger partial charge on any atom is 0.309 e. The molecule has 2 aliphatic heterocycles. The van der Waals surface area contributed by atoms with Crippen LogP contribution in [-0.4, -0.2) is 52.4 Å². The smallest absolute Gasteiger partial charge is 0.309 e. The number of carboxylic acid groups (broad SMARTS) is 1. The van der Waals surface area contributed by atoms with Crippen molar-refractivity contribution in [1.82, 2.24) is 15.2 Å². The van der Waals surface area contributed by atoms with Gasteiger partial charge in [-0.15, -0.1) is 23.1 Å². The van der Waals surface area contributed by atoms with Gasteiger partial charge in [-0.2, -0.15) is 0 Å². The number of thiazole rings is 1. The van der Waals surface area contributed by atoms with Gasteiger partial charge in [0.15, 0.2) is 0 Å². The van der Waals surface area contributed by atoms with Crippen molar-refractivity contribution in [2.24, 2.45) is 0 Å². The lowest BCUT2D eigenvalue weighted by atomic mass is 9.78. The summed E-state index contributed by atoms with van der Waals surface area (Å²) in [4.78, 5) is 32.1.